The molecule has 2 unspecified atom stereocenters. The average molecular weight is 429 g/mol. The summed E-state index contributed by atoms with van der Waals surface area (Å²) in [5.41, 5.74) is 0.0903. The third-order valence-electron chi connectivity index (χ3n) is 5.56. The van der Waals surface area contributed by atoms with Gasteiger partial charge in [-0.25, -0.2) is 9.18 Å². The van der Waals surface area contributed by atoms with Crippen LogP contribution in [0.1, 0.15) is 45.2 Å². The van der Waals surface area contributed by atoms with Crippen molar-refractivity contribution in [1.29, 1.82) is 0 Å². The van der Waals surface area contributed by atoms with Gasteiger partial charge in [-0.3, -0.25) is 9.69 Å². The van der Waals surface area contributed by atoms with Crippen LogP contribution in [0.3, 0.4) is 0 Å². The number of nitrogens with one attached hydrogen (secondary N) is 1. The van der Waals surface area contributed by atoms with Crippen LogP contribution in [0.25, 0.3) is 0 Å². The van der Waals surface area contributed by atoms with E-state index < -0.39 is 29.4 Å². The van der Waals surface area contributed by atoms with E-state index in [1.165, 1.54) is 24.3 Å². The first-order chi connectivity index (χ1) is 14.6. The number of hydrogen-bond donors (Lipinski definition) is 2. The van der Waals surface area contributed by atoms with Gasteiger partial charge in [0.1, 0.15) is 29.8 Å². The van der Waals surface area contributed by atoms with Gasteiger partial charge in [0.25, 0.3) is 5.91 Å². The van der Waals surface area contributed by atoms with Gasteiger partial charge in [0.2, 0.25) is 0 Å². The number of urea groups is 1. The fourth-order valence-corrected chi connectivity index (χ4v) is 3.83. The number of rotatable bonds is 7. The summed E-state index contributed by atoms with van der Waals surface area (Å²) < 4.78 is 19.1. The number of benzene rings is 2. The van der Waals surface area contributed by atoms with Gasteiger partial charge in [0, 0.05) is 0 Å². The van der Waals surface area contributed by atoms with Crippen LogP contribution in [-0.2, 0) is 15.7 Å². The maximum atomic E-state index is 13.3. The number of imide groups is 1. The first kappa shape index (κ1) is 22.7. The molecule has 0 radical (unpaired) electrons. The van der Waals surface area contributed by atoms with Gasteiger partial charge in [0.05, 0.1) is 6.54 Å². The van der Waals surface area contributed by atoms with E-state index in [2.05, 4.69) is 26.1 Å². The molecule has 0 saturated carbocycles. The SMILES string of the molecule is CCC1(c2ccc(F)cc2)NC(=O)N(CC(O)COc2ccccc2C(C)(C)C)C1=O. The van der Waals surface area contributed by atoms with Crippen molar-refractivity contribution in [3.63, 3.8) is 0 Å². The van der Waals surface area contributed by atoms with Crippen LogP contribution in [-0.4, -0.2) is 41.2 Å². The predicted octanol–water partition coefficient (Wildman–Crippen LogP) is 3.72. The fraction of sp³-hybridized carbons (Fsp3) is 0.417. The Morgan fingerprint density at radius 1 is 1.13 bits per heavy atom. The second-order valence-corrected chi connectivity index (χ2v) is 8.82. The van der Waals surface area contributed by atoms with E-state index in [0.29, 0.717) is 17.7 Å². The number of nitrogens with zero attached hydrogens (tertiary/aromatic N) is 1. The molecule has 1 heterocycles. The lowest BCUT2D eigenvalue weighted by Gasteiger charge is -2.26. The minimum Gasteiger partial charge on any atom is -0.491 e. The van der Waals surface area contributed by atoms with Gasteiger partial charge in [-0.15, -0.1) is 0 Å². The Labute approximate surface area is 182 Å². The third-order valence-corrected chi connectivity index (χ3v) is 5.56. The quantitative estimate of drug-likeness (QED) is 0.659. The number of amides is 3. The summed E-state index contributed by atoms with van der Waals surface area (Å²) in [5, 5.41) is 13.2. The lowest BCUT2D eigenvalue weighted by atomic mass is 9.86. The van der Waals surface area contributed by atoms with Crippen molar-refractivity contribution in [2.24, 2.45) is 0 Å². The molecule has 2 N–H and O–H groups in total. The molecule has 0 spiro atoms. The van der Waals surface area contributed by atoms with E-state index in [0.717, 1.165) is 10.5 Å². The molecule has 0 bridgehead atoms. The number of carbonyl (C=O) groups excluding carboxylic acids is 2. The summed E-state index contributed by atoms with van der Waals surface area (Å²) in [6.07, 6.45) is -0.769. The van der Waals surface area contributed by atoms with E-state index in [-0.39, 0.29) is 18.6 Å². The van der Waals surface area contributed by atoms with Crippen LogP contribution in [0.5, 0.6) is 5.75 Å². The molecule has 1 aliphatic rings. The van der Waals surface area contributed by atoms with Gasteiger partial charge < -0.3 is 15.2 Å². The summed E-state index contributed by atoms with van der Waals surface area (Å²) in [6.45, 7) is 7.70. The standard InChI is InChI=1S/C24H29FN2O4/c1-5-24(16-10-12-17(25)13-11-16)21(29)27(22(30)26-24)14-18(28)15-31-20-9-7-6-8-19(20)23(2,3)4/h6-13,18,28H,5,14-15H2,1-4H3,(H,26,30). The molecule has 1 saturated heterocycles. The minimum atomic E-state index is -1.27. The number of aliphatic hydroxyl groups excluding tert-OH is 1. The van der Waals surface area contributed by atoms with Crippen LogP contribution in [0.4, 0.5) is 9.18 Å². The topological polar surface area (TPSA) is 78.9 Å². The Kier molecular flexibility index (Phi) is 6.36. The van der Waals surface area contributed by atoms with Crippen LogP contribution in [0.15, 0.2) is 48.5 Å². The second kappa shape index (κ2) is 8.67. The van der Waals surface area contributed by atoms with Crippen molar-refractivity contribution >= 4 is 11.9 Å². The monoisotopic (exact) mass is 428 g/mol. The van der Waals surface area contributed by atoms with E-state index in [9.17, 15) is 19.1 Å². The van der Waals surface area contributed by atoms with Crippen LogP contribution < -0.4 is 10.1 Å². The molecule has 7 heteroatoms. The molecule has 0 aromatic heterocycles. The van der Waals surface area contributed by atoms with E-state index >= 15 is 0 Å². The normalized spacial score (nSPS) is 20.0. The maximum absolute atomic E-state index is 13.3. The number of β-amino-alcohol motifs (C(OH)–C–C–N with tert-alkyl or cyclic N) is 1. The Morgan fingerprint density at radius 2 is 1.77 bits per heavy atom. The molecule has 0 aliphatic carbocycles. The summed E-state index contributed by atoms with van der Waals surface area (Å²) in [6, 6.07) is 12.5. The zero-order chi connectivity index (χ0) is 22.8. The number of ether oxygens (including phenoxy) is 1. The minimum absolute atomic E-state index is 0.0696. The van der Waals surface area contributed by atoms with Gasteiger partial charge in [-0.05, 0) is 41.2 Å². The first-order valence-electron chi connectivity index (χ1n) is 10.4. The third kappa shape index (κ3) is 4.56. The molecular formula is C24H29FN2O4. The lowest BCUT2D eigenvalue weighted by Crippen LogP contribution is -2.44. The van der Waals surface area contributed by atoms with Gasteiger partial charge in [-0.2, -0.15) is 0 Å². The van der Waals surface area contributed by atoms with Gasteiger partial charge >= 0.3 is 6.03 Å². The molecule has 3 amide bonds. The molecule has 1 fully saturated rings. The fourth-order valence-electron chi connectivity index (χ4n) is 3.83. The predicted molar refractivity (Wildman–Crippen MR) is 115 cm³/mol. The number of halogens is 1. The van der Waals surface area contributed by atoms with Crippen LogP contribution in [0.2, 0.25) is 0 Å². The highest BCUT2D eigenvalue weighted by atomic mass is 19.1. The second-order valence-electron chi connectivity index (χ2n) is 8.82. The smallest absolute Gasteiger partial charge is 0.325 e. The highest BCUT2D eigenvalue weighted by molar-refractivity contribution is 6.07. The summed E-state index contributed by atoms with van der Waals surface area (Å²) in [7, 11) is 0. The number of aliphatic hydroxyl groups is 1. The average Bonchev–Trinajstić information content (AvgIpc) is 2.97. The summed E-state index contributed by atoms with van der Waals surface area (Å²) >= 11 is 0. The molecule has 2 aromatic carbocycles. The van der Waals surface area contributed by atoms with E-state index in [1.54, 1.807) is 6.92 Å². The molecule has 3 rings (SSSR count). The summed E-state index contributed by atoms with van der Waals surface area (Å²) in [5.74, 6) is -0.243. The zero-order valence-corrected chi connectivity index (χ0v) is 18.3. The molecule has 2 atom stereocenters. The zero-order valence-electron chi connectivity index (χ0n) is 18.3. The van der Waals surface area contributed by atoms with Crippen molar-refractivity contribution in [2.75, 3.05) is 13.2 Å². The Hall–Kier alpha value is -2.93. The van der Waals surface area contributed by atoms with E-state index in [1.807, 2.05) is 24.3 Å². The highest BCUT2D eigenvalue weighted by Gasteiger charge is 2.51. The van der Waals surface area contributed by atoms with Gasteiger partial charge in [0.15, 0.2) is 0 Å². The maximum Gasteiger partial charge on any atom is 0.325 e. The van der Waals surface area contributed by atoms with Crippen molar-refractivity contribution < 1.29 is 23.8 Å². The molecule has 166 valence electrons. The van der Waals surface area contributed by atoms with Crippen LogP contribution >= 0.6 is 0 Å². The Bertz CT molecular complexity index is 955. The largest absolute Gasteiger partial charge is 0.491 e. The number of carbonyl (C=O) groups is 2. The number of hydrogen-bond acceptors (Lipinski definition) is 4. The first-order valence-corrected chi connectivity index (χ1v) is 10.4. The van der Waals surface area contributed by atoms with Crippen molar-refractivity contribution in [1.82, 2.24) is 10.2 Å². The Balaban J connectivity index is 1.71. The molecular weight excluding hydrogens is 399 g/mol. The van der Waals surface area contributed by atoms with Crippen molar-refractivity contribution in [3.8, 4) is 5.75 Å². The highest BCUT2D eigenvalue weighted by Crippen LogP contribution is 2.33. The van der Waals surface area contributed by atoms with Crippen molar-refractivity contribution in [2.45, 2.75) is 51.2 Å². The molecule has 2 aromatic rings. The lowest BCUT2D eigenvalue weighted by molar-refractivity contribution is -0.132. The Morgan fingerprint density at radius 3 is 2.39 bits per heavy atom. The summed E-state index contributed by atoms with van der Waals surface area (Å²) in [4.78, 5) is 26.7. The van der Waals surface area contributed by atoms with Crippen LogP contribution in [0, 0.1) is 5.82 Å². The van der Waals surface area contributed by atoms with Crippen molar-refractivity contribution in [3.05, 3.63) is 65.5 Å². The molecule has 31 heavy (non-hydrogen) atoms. The molecule has 6 nitrogen and oxygen atoms in total. The molecule has 1 aliphatic heterocycles. The van der Waals surface area contributed by atoms with E-state index in [4.69, 9.17) is 4.74 Å². The van der Waals surface area contributed by atoms with Gasteiger partial charge in [-0.1, -0.05) is 58.0 Å². The number of para-hydroxylation sites is 1.